The number of likely N-dealkylation sites (N-methyl/N-ethyl adjacent to an activating group) is 1. The number of fused-ring (bicyclic) bond motifs is 1. The van der Waals surface area contributed by atoms with Gasteiger partial charge in [-0.3, -0.25) is 23.9 Å². The average Bonchev–Trinajstić information content (AvgIpc) is 3.17. The van der Waals surface area contributed by atoms with Gasteiger partial charge in [0.05, 0.1) is 23.1 Å². The number of carbonyl (C=O) groups is 1. The van der Waals surface area contributed by atoms with E-state index in [0.29, 0.717) is 21.2 Å². The summed E-state index contributed by atoms with van der Waals surface area (Å²) in [6.45, 7) is 8.25. The van der Waals surface area contributed by atoms with Gasteiger partial charge in [0.25, 0.3) is 11.5 Å². The van der Waals surface area contributed by atoms with Crippen LogP contribution in [0.2, 0.25) is 0 Å². The van der Waals surface area contributed by atoms with Crippen molar-refractivity contribution in [2.75, 3.05) is 13.6 Å². The average molecular weight is 466 g/mol. The van der Waals surface area contributed by atoms with Gasteiger partial charge < -0.3 is 10.1 Å². The van der Waals surface area contributed by atoms with Gasteiger partial charge in [0.15, 0.2) is 0 Å². The van der Waals surface area contributed by atoms with Crippen LogP contribution in [0.4, 0.5) is 0 Å². The van der Waals surface area contributed by atoms with Gasteiger partial charge in [-0.15, -0.1) is 11.3 Å². The van der Waals surface area contributed by atoms with Gasteiger partial charge in [0, 0.05) is 43.2 Å². The lowest BCUT2D eigenvalue weighted by Crippen LogP contribution is -2.42. The molecule has 0 radical (unpaired) electrons. The Balaban J connectivity index is 2.31. The first-order chi connectivity index (χ1) is 14.7. The van der Waals surface area contributed by atoms with Crippen LogP contribution in [-0.2, 0) is 13.5 Å². The molecule has 32 heavy (non-hydrogen) atoms. The fourth-order valence-corrected chi connectivity index (χ4v) is 5.30. The van der Waals surface area contributed by atoms with Crippen LogP contribution in [0.3, 0.4) is 0 Å². The van der Waals surface area contributed by atoms with E-state index in [9.17, 15) is 24.7 Å². The highest BCUT2D eigenvalue weighted by atomic mass is 32.1. The van der Waals surface area contributed by atoms with E-state index in [0.717, 1.165) is 10.3 Å². The Morgan fingerprint density at radius 1 is 1.31 bits per heavy atom. The summed E-state index contributed by atoms with van der Waals surface area (Å²) in [6, 6.07) is -0.141. The second kappa shape index (κ2) is 8.47. The van der Waals surface area contributed by atoms with E-state index in [4.69, 9.17) is 0 Å². The van der Waals surface area contributed by atoms with Crippen LogP contribution in [0, 0.1) is 0 Å². The Labute approximate surface area is 189 Å². The first-order valence-electron chi connectivity index (χ1n) is 10.4. The van der Waals surface area contributed by atoms with Crippen LogP contribution in [0.1, 0.15) is 55.9 Å². The van der Waals surface area contributed by atoms with Crippen molar-refractivity contribution >= 4 is 27.5 Å². The Kier molecular flexibility index (Phi) is 6.40. The summed E-state index contributed by atoms with van der Waals surface area (Å²) in [5.74, 6) is -0.790. The molecule has 1 amide bonds. The van der Waals surface area contributed by atoms with Gasteiger partial charge in [-0.05, 0) is 40.7 Å². The lowest BCUT2D eigenvalue weighted by Gasteiger charge is -2.24. The largest absolute Gasteiger partial charge is 0.389 e. The molecule has 2 aromatic heterocycles. The molecule has 11 heteroatoms. The van der Waals surface area contributed by atoms with E-state index >= 15 is 0 Å². The molecule has 0 saturated heterocycles. The van der Waals surface area contributed by atoms with Crippen molar-refractivity contribution < 1.29 is 15.1 Å². The van der Waals surface area contributed by atoms with Gasteiger partial charge in [-0.25, -0.2) is 15.3 Å². The SMILES string of the molecule is CC1C=C(Cc2sc3c(c2C(=O)N(O)CC(C)(C)O)c(=O)n(C)c(=O)n3C(C)C)N(C)N1. The van der Waals surface area contributed by atoms with Crippen LogP contribution in [0.5, 0.6) is 0 Å². The number of allylic oxidation sites excluding steroid dienone is 1. The van der Waals surface area contributed by atoms with E-state index < -0.39 is 22.8 Å². The minimum Gasteiger partial charge on any atom is -0.389 e. The number of carbonyl (C=O) groups excluding carboxylic acids is 1. The highest BCUT2D eigenvalue weighted by Crippen LogP contribution is 2.33. The summed E-state index contributed by atoms with van der Waals surface area (Å²) in [7, 11) is 3.24. The van der Waals surface area contributed by atoms with Gasteiger partial charge in [0.1, 0.15) is 4.83 Å². The maximum Gasteiger partial charge on any atom is 0.332 e. The molecule has 176 valence electrons. The van der Waals surface area contributed by atoms with Crippen LogP contribution in [0.15, 0.2) is 21.4 Å². The number of nitrogens with one attached hydrogen (secondary N) is 1. The zero-order valence-electron chi connectivity index (χ0n) is 19.5. The Morgan fingerprint density at radius 2 is 1.94 bits per heavy atom. The summed E-state index contributed by atoms with van der Waals surface area (Å²) < 4.78 is 2.48. The molecule has 1 unspecified atom stereocenters. The Hall–Kier alpha value is -2.47. The molecular weight excluding hydrogens is 434 g/mol. The van der Waals surface area contributed by atoms with Crippen molar-refractivity contribution in [3.63, 3.8) is 0 Å². The Morgan fingerprint density at radius 3 is 2.44 bits per heavy atom. The predicted molar refractivity (Wildman–Crippen MR) is 123 cm³/mol. The molecule has 0 bridgehead atoms. The quantitative estimate of drug-likeness (QED) is 0.433. The number of aliphatic hydroxyl groups is 1. The highest BCUT2D eigenvalue weighted by Gasteiger charge is 2.31. The molecule has 3 heterocycles. The van der Waals surface area contributed by atoms with E-state index in [-0.39, 0.29) is 29.6 Å². The number of hydrogen-bond acceptors (Lipinski definition) is 8. The van der Waals surface area contributed by atoms with Gasteiger partial charge in [-0.1, -0.05) is 0 Å². The standard InChI is InChI=1S/C21H31N5O5S/c1-11(2)26-19-16(17(27)23(6)20(26)29)15(18(28)25(31)10-21(4,5)30)14(32-19)9-13-8-12(3)22-24(13)7/h8,11-12,22,30-31H,9-10H2,1-7H3. The van der Waals surface area contributed by atoms with E-state index in [2.05, 4.69) is 5.43 Å². The second-order valence-corrected chi connectivity index (χ2v) is 10.3. The first-order valence-corrected chi connectivity index (χ1v) is 11.2. The molecule has 3 N–H and O–H groups in total. The topological polar surface area (TPSA) is 120 Å². The molecule has 0 fully saturated rings. The fourth-order valence-electron chi connectivity index (χ4n) is 3.88. The maximum absolute atomic E-state index is 13.4. The minimum atomic E-state index is -1.34. The van der Waals surface area contributed by atoms with Crippen molar-refractivity contribution in [1.29, 1.82) is 0 Å². The fraction of sp³-hybridized carbons (Fsp3) is 0.571. The number of hydrazine groups is 1. The van der Waals surface area contributed by atoms with Crippen LogP contribution >= 0.6 is 11.3 Å². The third-order valence-electron chi connectivity index (χ3n) is 5.31. The third-order valence-corrected chi connectivity index (χ3v) is 6.50. The van der Waals surface area contributed by atoms with Crippen molar-refractivity contribution in [2.24, 2.45) is 7.05 Å². The highest BCUT2D eigenvalue weighted by molar-refractivity contribution is 7.19. The van der Waals surface area contributed by atoms with Crippen molar-refractivity contribution in [1.82, 2.24) is 24.6 Å². The number of aromatic nitrogens is 2. The van der Waals surface area contributed by atoms with Crippen LogP contribution in [-0.4, -0.2) is 60.7 Å². The molecular formula is C21H31N5O5S. The zero-order chi connectivity index (χ0) is 24.1. The number of hydrogen-bond donors (Lipinski definition) is 3. The maximum atomic E-state index is 13.4. The lowest BCUT2D eigenvalue weighted by atomic mass is 10.1. The molecule has 2 aromatic rings. The summed E-state index contributed by atoms with van der Waals surface area (Å²) in [5.41, 5.74) is 1.79. The monoisotopic (exact) mass is 465 g/mol. The number of amides is 1. The Bertz CT molecular complexity index is 1200. The molecule has 3 rings (SSSR count). The van der Waals surface area contributed by atoms with Crippen LogP contribution < -0.4 is 16.7 Å². The van der Waals surface area contributed by atoms with Crippen molar-refractivity contribution in [3.8, 4) is 0 Å². The third kappa shape index (κ3) is 4.38. The molecule has 1 atom stereocenters. The summed E-state index contributed by atoms with van der Waals surface area (Å²) in [5, 5.41) is 22.9. The number of thiophene rings is 1. The number of hydroxylamine groups is 2. The van der Waals surface area contributed by atoms with E-state index in [1.807, 2.05) is 38.9 Å². The zero-order valence-corrected chi connectivity index (χ0v) is 20.3. The molecule has 1 aliphatic rings. The van der Waals surface area contributed by atoms with Crippen molar-refractivity contribution in [3.05, 3.63) is 43.1 Å². The first kappa shape index (κ1) is 24.2. The predicted octanol–water partition coefficient (Wildman–Crippen LogP) is 1.21. The molecule has 0 saturated carbocycles. The minimum absolute atomic E-state index is 0.0561. The number of nitrogens with zero attached hydrogens (tertiary/aromatic N) is 4. The van der Waals surface area contributed by atoms with Crippen LogP contribution in [0.25, 0.3) is 10.2 Å². The molecule has 0 spiro atoms. The van der Waals surface area contributed by atoms with Gasteiger partial charge in [0.2, 0.25) is 0 Å². The van der Waals surface area contributed by atoms with E-state index in [1.54, 1.807) is 0 Å². The van der Waals surface area contributed by atoms with Gasteiger partial charge in [-0.2, -0.15) is 0 Å². The second-order valence-electron chi connectivity index (χ2n) is 9.18. The summed E-state index contributed by atoms with van der Waals surface area (Å²) in [4.78, 5) is 40.3. The molecule has 10 nitrogen and oxygen atoms in total. The number of rotatable bonds is 6. The molecule has 0 aromatic carbocycles. The molecule has 1 aliphatic heterocycles. The van der Waals surface area contributed by atoms with E-state index in [1.165, 1.54) is 36.8 Å². The smallest absolute Gasteiger partial charge is 0.332 e. The summed E-state index contributed by atoms with van der Waals surface area (Å²) >= 11 is 1.20. The normalized spacial score (nSPS) is 16.9. The lowest BCUT2D eigenvalue weighted by molar-refractivity contribution is -0.0986. The van der Waals surface area contributed by atoms with Gasteiger partial charge >= 0.3 is 5.69 Å². The van der Waals surface area contributed by atoms with Crippen molar-refractivity contribution in [2.45, 2.75) is 58.7 Å². The molecule has 0 aliphatic carbocycles. The summed E-state index contributed by atoms with van der Waals surface area (Å²) in [6.07, 6.45) is 2.35.